The summed E-state index contributed by atoms with van der Waals surface area (Å²) in [5, 5.41) is 3.85. The molecule has 3 heterocycles. The number of piperazine rings is 1. The number of nitrogens with zero attached hydrogens (tertiary/aromatic N) is 4. The largest absolute Gasteiger partial charge is 0.314 e. The monoisotopic (exact) mass is 267 g/mol. The molecule has 5 nitrogen and oxygen atoms in total. The van der Waals surface area contributed by atoms with Crippen molar-refractivity contribution >= 4 is 11.6 Å². The highest BCUT2D eigenvalue weighted by Gasteiger charge is 2.32. The van der Waals surface area contributed by atoms with Gasteiger partial charge < -0.3 is 5.32 Å². The summed E-state index contributed by atoms with van der Waals surface area (Å²) >= 11 is 5.72. The van der Waals surface area contributed by atoms with Crippen LogP contribution in [0.25, 0.3) is 0 Å². The third-order valence-corrected chi connectivity index (χ3v) is 3.86. The van der Waals surface area contributed by atoms with E-state index in [0.29, 0.717) is 5.15 Å². The van der Waals surface area contributed by atoms with Gasteiger partial charge in [0.2, 0.25) is 0 Å². The molecule has 3 rings (SSSR count). The van der Waals surface area contributed by atoms with Crippen molar-refractivity contribution < 1.29 is 0 Å². The van der Waals surface area contributed by atoms with Crippen molar-refractivity contribution in [1.82, 2.24) is 25.1 Å². The maximum atomic E-state index is 5.72. The lowest BCUT2D eigenvalue weighted by Gasteiger charge is -2.46. The molecular formula is C12H18ClN5. The van der Waals surface area contributed by atoms with Crippen molar-refractivity contribution in [3.05, 3.63) is 23.2 Å². The fourth-order valence-corrected chi connectivity index (χ4v) is 2.70. The van der Waals surface area contributed by atoms with Crippen molar-refractivity contribution in [3.8, 4) is 0 Å². The van der Waals surface area contributed by atoms with E-state index in [1.807, 2.05) is 0 Å². The van der Waals surface area contributed by atoms with E-state index in [1.54, 1.807) is 12.4 Å². The highest BCUT2D eigenvalue weighted by atomic mass is 35.5. The minimum absolute atomic E-state index is 0.459. The maximum Gasteiger partial charge on any atom is 0.147 e. The van der Waals surface area contributed by atoms with E-state index >= 15 is 0 Å². The first-order valence-corrected chi connectivity index (χ1v) is 6.82. The standard InChI is InChI=1S/C12H18ClN5/c13-12-6-15-10(5-16-12)7-17-8-11(9-17)18-3-1-14-2-4-18/h5-6,11,14H,1-4,7-9H2. The van der Waals surface area contributed by atoms with Gasteiger partial charge in [-0.25, -0.2) is 4.98 Å². The first-order chi connectivity index (χ1) is 8.81. The van der Waals surface area contributed by atoms with E-state index in [-0.39, 0.29) is 0 Å². The number of halogens is 1. The number of hydrogen-bond acceptors (Lipinski definition) is 5. The van der Waals surface area contributed by atoms with E-state index in [9.17, 15) is 0 Å². The zero-order chi connectivity index (χ0) is 12.4. The van der Waals surface area contributed by atoms with E-state index in [2.05, 4.69) is 25.1 Å². The van der Waals surface area contributed by atoms with Gasteiger partial charge in [0.15, 0.2) is 0 Å². The van der Waals surface area contributed by atoms with Gasteiger partial charge in [0.25, 0.3) is 0 Å². The second kappa shape index (κ2) is 5.48. The Labute approximate surface area is 112 Å². The molecule has 1 N–H and O–H groups in total. The Kier molecular flexibility index (Phi) is 3.75. The summed E-state index contributed by atoms with van der Waals surface area (Å²) in [4.78, 5) is 13.3. The molecule has 2 fully saturated rings. The van der Waals surface area contributed by atoms with Crippen LogP contribution in [0.4, 0.5) is 0 Å². The zero-order valence-corrected chi connectivity index (χ0v) is 11.1. The number of nitrogens with one attached hydrogen (secondary N) is 1. The Balaban J connectivity index is 1.46. The average molecular weight is 268 g/mol. The fourth-order valence-electron chi connectivity index (χ4n) is 2.60. The van der Waals surface area contributed by atoms with Crippen molar-refractivity contribution in [1.29, 1.82) is 0 Å². The van der Waals surface area contributed by atoms with E-state index in [1.165, 1.54) is 13.1 Å². The van der Waals surface area contributed by atoms with Gasteiger partial charge in [-0.2, -0.15) is 0 Å². The molecule has 18 heavy (non-hydrogen) atoms. The fraction of sp³-hybridized carbons (Fsp3) is 0.667. The summed E-state index contributed by atoms with van der Waals surface area (Å²) in [5.41, 5.74) is 0.998. The molecule has 0 radical (unpaired) electrons. The van der Waals surface area contributed by atoms with Crippen LogP contribution in [0.5, 0.6) is 0 Å². The second-order valence-corrected chi connectivity index (χ2v) is 5.35. The molecular weight excluding hydrogens is 250 g/mol. The SMILES string of the molecule is Clc1cnc(CN2CC(N3CCNCC3)C2)cn1. The third kappa shape index (κ3) is 2.80. The molecule has 2 saturated heterocycles. The highest BCUT2D eigenvalue weighted by molar-refractivity contribution is 6.29. The van der Waals surface area contributed by atoms with E-state index < -0.39 is 0 Å². The summed E-state index contributed by atoms with van der Waals surface area (Å²) in [6.45, 7) is 7.78. The molecule has 0 spiro atoms. The van der Waals surface area contributed by atoms with Crippen LogP contribution in [-0.2, 0) is 6.54 Å². The molecule has 98 valence electrons. The molecule has 0 bridgehead atoms. The van der Waals surface area contributed by atoms with Crippen molar-refractivity contribution in [2.24, 2.45) is 0 Å². The minimum atomic E-state index is 0.459. The Bertz CT molecular complexity index is 384. The Morgan fingerprint density at radius 3 is 2.67 bits per heavy atom. The van der Waals surface area contributed by atoms with Crippen LogP contribution >= 0.6 is 11.6 Å². The maximum absolute atomic E-state index is 5.72. The van der Waals surface area contributed by atoms with Crippen LogP contribution in [0.2, 0.25) is 5.15 Å². The van der Waals surface area contributed by atoms with Gasteiger partial charge in [-0.3, -0.25) is 14.8 Å². The molecule has 1 aromatic heterocycles. The van der Waals surface area contributed by atoms with Crippen LogP contribution in [-0.4, -0.2) is 65.1 Å². The van der Waals surface area contributed by atoms with Crippen molar-refractivity contribution in [2.45, 2.75) is 12.6 Å². The summed E-state index contributed by atoms with van der Waals surface area (Å²) in [7, 11) is 0. The predicted octanol–water partition coefficient (Wildman–Crippen LogP) is 0.219. The number of rotatable bonds is 3. The van der Waals surface area contributed by atoms with Crippen LogP contribution in [0, 0.1) is 0 Å². The van der Waals surface area contributed by atoms with Gasteiger partial charge >= 0.3 is 0 Å². The molecule has 0 saturated carbocycles. The number of hydrogen-bond donors (Lipinski definition) is 1. The molecule has 2 aliphatic rings. The molecule has 0 atom stereocenters. The Morgan fingerprint density at radius 2 is 2.00 bits per heavy atom. The average Bonchev–Trinajstić information content (AvgIpc) is 2.36. The summed E-state index contributed by atoms with van der Waals surface area (Å²) in [6, 6.07) is 0.729. The lowest BCUT2D eigenvalue weighted by Crippen LogP contribution is -2.62. The lowest BCUT2D eigenvalue weighted by molar-refractivity contribution is 0.0215. The van der Waals surface area contributed by atoms with Gasteiger partial charge in [0.1, 0.15) is 5.15 Å². The van der Waals surface area contributed by atoms with Crippen LogP contribution in [0.1, 0.15) is 5.69 Å². The summed E-state index contributed by atoms with van der Waals surface area (Å²) in [5.74, 6) is 0. The normalized spacial score (nSPS) is 22.9. The minimum Gasteiger partial charge on any atom is -0.314 e. The van der Waals surface area contributed by atoms with Gasteiger partial charge in [-0.1, -0.05) is 11.6 Å². The van der Waals surface area contributed by atoms with E-state index in [0.717, 1.165) is 44.5 Å². The Hall–Kier alpha value is -0.750. The predicted molar refractivity (Wildman–Crippen MR) is 70.5 cm³/mol. The quantitative estimate of drug-likeness (QED) is 0.849. The lowest BCUT2D eigenvalue weighted by atomic mass is 10.1. The second-order valence-electron chi connectivity index (χ2n) is 4.96. The number of likely N-dealkylation sites (tertiary alicyclic amines) is 1. The summed E-state index contributed by atoms with van der Waals surface area (Å²) < 4.78 is 0. The molecule has 0 amide bonds. The van der Waals surface area contributed by atoms with Gasteiger partial charge in [0.05, 0.1) is 18.1 Å². The molecule has 0 unspecified atom stereocenters. The molecule has 1 aromatic rings. The van der Waals surface area contributed by atoms with Crippen molar-refractivity contribution in [2.75, 3.05) is 39.3 Å². The molecule has 2 aliphatic heterocycles. The molecule has 0 aliphatic carbocycles. The smallest absolute Gasteiger partial charge is 0.147 e. The van der Waals surface area contributed by atoms with Gasteiger partial charge in [-0.05, 0) is 0 Å². The van der Waals surface area contributed by atoms with Crippen molar-refractivity contribution in [3.63, 3.8) is 0 Å². The first-order valence-electron chi connectivity index (χ1n) is 6.45. The van der Waals surface area contributed by atoms with Gasteiger partial charge in [0, 0.05) is 51.9 Å². The molecule has 6 heteroatoms. The van der Waals surface area contributed by atoms with E-state index in [4.69, 9.17) is 11.6 Å². The third-order valence-electron chi connectivity index (χ3n) is 3.67. The van der Waals surface area contributed by atoms with Gasteiger partial charge in [-0.15, -0.1) is 0 Å². The number of aromatic nitrogens is 2. The van der Waals surface area contributed by atoms with Crippen LogP contribution in [0.15, 0.2) is 12.4 Å². The van der Waals surface area contributed by atoms with Crippen LogP contribution < -0.4 is 5.32 Å². The molecule has 0 aromatic carbocycles. The zero-order valence-electron chi connectivity index (χ0n) is 10.3. The topological polar surface area (TPSA) is 44.3 Å². The first kappa shape index (κ1) is 12.3. The highest BCUT2D eigenvalue weighted by Crippen LogP contribution is 2.17. The Morgan fingerprint density at radius 1 is 1.22 bits per heavy atom. The van der Waals surface area contributed by atoms with Crippen LogP contribution in [0.3, 0.4) is 0 Å². The summed E-state index contributed by atoms with van der Waals surface area (Å²) in [6.07, 6.45) is 3.38.